The summed E-state index contributed by atoms with van der Waals surface area (Å²) < 4.78 is 20.5. The van der Waals surface area contributed by atoms with Crippen LogP contribution in [0.2, 0.25) is 5.02 Å². The van der Waals surface area contributed by atoms with Crippen molar-refractivity contribution < 1.29 is 8.81 Å². The van der Waals surface area contributed by atoms with Gasteiger partial charge < -0.3 is 8.98 Å². The summed E-state index contributed by atoms with van der Waals surface area (Å²) in [6.45, 7) is 2.37. The molecule has 6 heteroatoms. The lowest BCUT2D eigenvalue weighted by Crippen LogP contribution is -2.05. The molecule has 0 fully saturated rings. The van der Waals surface area contributed by atoms with E-state index in [9.17, 15) is 4.39 Å². The average Bonchev–Trinajstić information content (AvgIpc) is 3.00. The molecule has 3 rings (SSSR count). The molecule has 0 bridgehead atoms. The van der Waals surface area contributed by atoms with Gasteiger partial charge in [0.1, 0.15) is 11.6 Å². The monoisotopic (exact) mass is 312 g/mol. The Morgan fingerprint density at radius 3 is 2.90 bits per heavy atom. The smallest absolute Gasteiger partial charge is 0.144 e. The molecule has 104 valence electrons. The SMILES string of the molecule is CC(Cl)c1nc2cc(F)c(Cl)cc2n1Cc1ccoc1. The zero-order valence-electron chi connectivity index (χ0n) is 10.6. The molecular formula is C14H11Cl2FN2O. The van der Waals surface area contributed by atoms with Crippen molar-refractivity contribution in [2.24, 2.45) is 0 Å². The molecule has 0 spiro atoms. The lowest BCUT2D eigenvalue weighted by atomic mass is 10.3. The number of halogens is 3. The summed E-state index contributed by atoms with van der Waals surface area (Å²) in [5.74, 6) is 0.186. The van der Waals surface area contributed by atoms with Gasteiger partial charge in [0.15, 0.2) is 0 Å². The fourth-order valence-electron chi connectivity index (χ4n) is 2.17. The van der Waals surface area contributed by atoms with Crippen molar-refractivity contribution in [1.82, 2.24) is 9.55 Å². The first-order valence-electron chi connectivity index (χ1n) is 6.06. The number of hydrogen-bond donors (Lipinski definition) is 0. The van der Waals surface area contributed by atoms with E-state index in [-0.39, 0.29) is 10.4 Å². The predicted molar refractivity (Wildman–Crippen MR) is 76.8 cm³/mol. The van der Waals surface area contributed by atoms with Crippen LogP contribution >= 0.6 is 23.2 Å². The van der Waals surface area contributed by atoms with E-state index in [1.807, 2.05) is 17.6 Å². The highest BCUT2D eigenvalue weighted by Gasteiger charge is 2.17. The maximum atomic E-state index is 13.5. The maximum Gasteiger partial charge on any atom is 0.144 e. The number of benzene rings is 1. The van der Waals surface area contributed by atoms with Crippen molar-refractivity contribution >= 4 is 34.2 Å². The van der Waals surface area contributed by atoms with Crippen LogP contribution < -0.4 is 0 Å². The van der Waals surface area contributed by atoms with E-state index in [1.54, 1.807) is 18.6 Å². The molecular weight excluding hydrogens is 302 g/mol. The average molecular weight is 313 g/mol. The summed E-state index contributed by atoms with van der Waals surface area (Å²) in [4.78, 5) is 4.40. The van der Waals surface area contributed by atoms with Gasteiger partial charge in [-0.3, -0.25) is 0 Å². The molecule has 0 radical (unpaired) electrons. The summed E-state index contributed by atoms with van der Waals surface area (Å²) in [7, 11) is 0. The molecule has 0 aliphatic carbocycles. The minimum Gasteiger partial charge on any atom is -0.472 e. The summed E-state index contributed by atoms with van der Waals surface area (Å²) in [5, 5.41) is -0.226. The van der Waals surface area contributed by atoms with Gasteiger partial charge in [-0.15, -0.1) is 11.6 Å². The van der Waals surface area contributed by atoms with Crippen molar-refractivity contribution in [2.75, 3.05) is 0 Å². The zero-order valence-corrected chi connectivity index (χ0v) is 12.1. The Morgan fingerprint density at radius 1 is 1.45 bits per heavy atom. The molecule has 2 heterocycles. The molecule has 1 unspecified atom stereocenters. The molecule has 0 saturated carbocycles. The molecule has 0 N–H and O–H groups in total. The maximum absolute atomic E-state index is 13.5. The van der Waals surface area contributed by atoms with Crippen molar-refractivity contribution in [3.8, 4) is 0 Å². The number of hydrogen-bond acceptors (Lipinski definition) is 2. The Balaban J connectivity index is 2.20. The van der Waals surface area contributed by atoms with Gasteiger partial charge in [0, 0.05) is 11.6 Å². The largest absolute Gasteiger partial charge is 0.472 e. The Bertz CT molecular complexity index is 750. The molecule has 0 saturated heterocycles. The highest BCUT2D eigenvalue weighted by Crippen LogP contribution is 2.29. The fraction of sp³-hybridized carbons (Fsp3) is 0.214. The highest BCUT2D eigenvalue weighted by atomic mass is 35.5. The first-order chi connectivity index (χ1) is 9.56. The predicted octanol–water partition coefficient (Wildman–Crippen LogP) is 4.77. The first-order valence-corrected chi connectivity index (χ1v) is 6.88. The normalized spacial score (nSPS) is 13.0. The quantitative estimate of drug-likeness (QED) is 0.652. The van der Waals surface area contributed by atoms with Gasteiger partial charge in [0.25, 0.3) is 0 Å². The highest BCUT2D eigenvalue weighted by molar-refractivity contribution is 6.31. The molecule has 0 aliphatic heterocycles. The number of alkyl halides is 1. The summed E-state index contributed by atoms with van der Waals surface area (Å²) in [6, 6.07) is 4.76. The van der Waals surface area contributed by atoms with Gasteiger partial charge in [-0.05, 0) is 19.1 Å². The van der Waals surface area contributed by atoms with E-state index in [0.717, 1.165) is 11.1 Å². The van der Waals surface area contributed by atoms with E-state index in [4.69, 9.17) is 27.6 Å². The van der Waals surface area contributed by atoms with Gasteiger partial charge in [-0.25, -0.2) is 9.37 Å². The number of rotatable bonds is 3. The first kappa shape index (κ1) is 13.5. The molecule has 3 aromatic rings. The minimum absolute atomic E-state index is 0.0691. The topological polar surface area (TPSA) is 31.0 Å². The van der Waals surface area contributed by atoms with Crippen LogP contribution in [0.25, 0.3) is 11.0 Å². The fourth-order valence-corrected chi connectivity index (χ4v) is 2.50. The lowest BCUT2D eigenvalue weighted by molar-refractivity contribution is 0.562. The number of imidazole rings is 1. The summed E-state index contributed by atoms with van der Waals surface area (Å²) in [5.41, 5.74) is 2.27. The van der Waals surface area contributed by atoms with Crippen LogP contribution in [-0.4, -0.2) is 9.55 Å². The van der Waals surface area contributed by atoms with Crippen molar-refractivity contribution in [1.29, 1.82) is 0 Å². The van der Waals surface area contributed by atoms with Crippen molar-refractivity contribution in [2.45, 2.75) is 18.8 Å². The standard InChI is InChI=1S/C14H11Cl2FN2O/c1-8(15)14-18-12-5-11(17)10(16)4-13(12)19(14)6-9-2-3-20-7-9/h2-5,7-8H,6H2,1H3. The van der Waals surface area contributed by atoms with Gasteiger partial charge in [0.05, 0.1) is 40.5 Å². The third kappa shape index (κ3) is 2.30. The zero-order chi connectivity index (χ0) is 14.3. The Labute approximate surface area is 124 Å². The van der Waals surface area contributed by atoms with Crippen LogP contribution in [0.3, 0.4) is 0 Å². The second-order valence-electron chi connectivity index (χ2n) is 4.56. The van der Waals surface area contributed by atoms with Gasteiger partial charge in [-0.1, -0.05) is 11.6 Å². The molecule has 0 amide bonds. The molecule has 1 atom stereocenters. The summed E-state index contributed by atoms with van der Waals surface area (Å²) >= 11 is 12.0. The van der Waals surface area contributed by atoms with E-state index in [1.165, 1.54) is 6.07 Å². The van der Waals surface area contributed by atoms with E-state index in [2.05, 4.69) is 4.98 Å². The number of nitrogens with zero attached hydrogens (tertiary/aromatic N) is 2. The van der Waals surface area contributed by atoms with E-state index < -0.39 is 5.82 Å². The molecule has 3 nitrogen and oxygen atoms in total. The molecule has 20 heavy (non-hydrogen) atoms. The van der Waals surface area contributed by atoms with E-state index >= 15 is 0 Å². The third-order valence-corrected chi connectivity index (χ3v) is 3.58. The van der Waals surface area contributed by atoms with Gasteiger partial charge >= 0.3 is 0 Å². The van der Waals surface area contributed by atoms with Crippen LogP contribution in [0, 0.1) is 5.82 Å². The van der Waals surface area contributed by atoms with Crippen LogP contribution in [0.5, 0.6) is 0 Å². The van der Waals surface area contributed by atoms with Crippen LogP contribution in [-0.2, 0) is 6.54 Å². The number of aromatic nitrogens is 2. The Morgan fingerprint density at radius 2 is 2.25 bits per heavy atom. The Hall–Kier alpha value is -1.52. The number of fused-ring (bicyclic) bond motifs is 1. The third-order valence-electron chi connectivity index (χ3n) is 3.10. The molecule has 1 aromatic carbocycles. The Kier molecular flexibility index (Phi) is 3.44. The van der Waals surface area contributed by atoms with Crippen molar-refractivity contribution in [3.63, 3.8) is 0 Å². The van der Waals surface area contributed by atoms with Crippen molar-refractivity contribution in [3.05, 3.63) is 53.0 Å². The molecule has 2 aromatic heterocycles. The second-order valence-corrected chi connectivity index (χ2v) is 5.62. The summed E-state index contributed by atoms with van der Waals surface area (Å²) in [6.07, 6.45) is 3.25. The van der Waals surface area contributed by atoms with Crippen LogP contribution in [0.1, 0.15) is 23.7 Å². The van der Waals surface area contributed by atoms with Crippen LogP contribution in [0.15, 0.2) is 35.1 Å². The van der Waals surface area contributed by atoms with E-state index in [0.29, 0.717) is 17.9 Å². The van der Waals surface area contributed by atoms with Gasteiger partial charge in [-0.2, -0.15) is 0 Å². The lowest BCUT2D eigenvalue weighted by Gasteiger charge is -2.09. The van der Waals surface area contributed by atoms with Gasteiger partial charge in [0.2, 0.25) is 0 Å². The minimum atomic E-state index is -0.485. The second kappa shape index (κ2) is 5.11. The van der Waals surface area contributed by atoms with Crippen LogP contribution in [0.4, 0.5) is 4.39 Å². The molecule has 0 aliphatic rings. The number of furan rings is 1.